The van der Waals surface area contributed by atoms with Gasteiger partial charge in [0.05, 0.1) is 17.6 Å². The Hall–Kier alpha value is -2.37. The number of rotatable bonds is 6. The van der Waals surface area contributed by atoms with Gasteiger partial charge < -0.3 is 4.84 Å². The van der Waals surface area contributed by atoms with Crippen molar-refractivity contribution in [1.82, 2.24) is 4.98 Å². The maximum absolute atomic E-state index is 11.7. The zero-order valence-electron chi connectivity index (χ0n) is 14.5. The van der Waals surface area contributed by atoms with Gasteiger partial charge in [-0.25, -0.2) is 9.78 Å². The number of nitrogens with zero attached hydrogens (tertiary/aromatic N) is 2. The minimum Gasteiger partial charge on any atom is -0.318 e. The van der Waals surface area contributed by atoms with E-state index in [0.29, 0.717) is 0 Å². The Morgan fingerprint density at radius 2 is 2.00 bits per heavy atom. The summed E-state index contributed by atoms with van der Waals surface area (Å²) in [5, 5.41) is 6.47. The van der Waals surface area contributed by atoms with E-state index in [1.165, 1.54) is 0 Å². The largest absolute Gasteiger partial charge is 0.338 e. The fourth-order valence-electron chi connectivity index (χ4n) is 2.58. The average Bonchev–Trinajstić information content (AvgIpc) is 3.53. The summed E-state index contributed by atoms with van der Waals surface area (Å²) in [5.74, 6) is 0.525. The van der Waals surface area contributed by atoms with E-state index in [1.807, 2.05) is 54.6 Å². The molecule has 1 saturated carbocycles. The summed E-state index contributed by atoms with van der Waals surface area (Å²) in [5.41, 5.74) is 2.90. The van der Waals surface area contributed by atoms with Crippen molar-refractivity contribution in [1.29, 1.82) is 0 Å². The average molecular weight is 397 g/mol. The Balaban J connectivity index is 1.56. The molecule has 0 N–H and O–H groups in total. The third-order valence-corrected chi connectivity index (χ3v) is 5.58. The molecule has 1 aliphatic rings. The maximum atomic E-state index is 11.7. The van der Waals surface area contributed by atoms with E-state index >= 15 is 0 Å². The predicted octanol–water partition coefficient (Wildman–Crippen LogP) is 5.47. The molecule has 27 heavy (non-hydrogen) atoms. The van der Waals surface area contributed by atoms with Gasteiger partial charge in [0.2, 0.25) is 0 Å². The van der Waals surface area contributed by atoms with Crippen molar-refractivity contribution in [3.8, 4) is 0 Å². The van der Waals surface area contributed by atoms with Gasteiger partial charge in [-0.1, -0.05) is 47.1 Å². The van der Waals surface area contributed by atoms with Crippen molar-refractivity contribution in [2.45, 2.75) is 23.6 Å². The monoisotopic (exact) mass is 396 g/mol. The summed E-state index contributed by atoms with van der Waals surface area (Å²) < 4.78 is 0. The van der Waals surface area contributed by atoms with Crippen LogP contribution in [0.3, 0.4) is 0 Å². The van der Waals surface area contributed by atoms with Crippen molar-refractivity contribution in [2.24, 2.45) is 11.1 Å². The Morgan fingerprint density at radius 3 is 2.78 bits per heavy atom. The third-order valence-electron chi connectivity index (χ3n) is 4.25. The number of hydrogen-bond donors (Lipinski definition) is 0. The third kappa shape index (κ3) is 4.67. The highest BCUT2D eigenvalue weighted by molar-refractivity contribution is 7.98. The molecule has 3 aromatic rings. The lowest BCUT2D eigenvalue weighted by molar-refractivity contribution is -0.145. The number of para-hydroxylation sites is 1. The second-order valence-electron chi connectivity index (χ2n) is 6.41. The molecule has 0 spiro atoms. The van der Waals surface area contributed by atoms with E-state index < -0.39 is 0 Å². The molecule has 0 radical (unpaired) electrons. The van der Waals surface area contributed by atoms with Crippen molar-refractivity contribution < 1.29 is 9.63 Å². The Morgan fingerprint density at radius 1 is 1.22 bits per heavy atom. The summed E-state index contributed by atoms with van der Waals surface area (Å²) in [6, 6.07) is 17.7. The number of fused-ring (bicyclic) bond motifs is 1. The molecule has 0 amide bonds. The van der Waals surface area contributed by atoms with Gasteiger partial charge in [0.15, 0.2) is 0 Å². The molecule has 2 aromatic carbocycles. The van der Waals surface area contributed by atoms with Crippen LogP contribution in [0.15, 0.2) is 64.8 Å². The van der Waals surface area contributed by atoms with E-state index in [9.17, 15) is 4.79 Å². The quantitative estimate of drug-likeness (QED) is 0.240. The first-order valence-electron chi connectivity index (χ1n) is 8.70. The highest BCUT2D eigenvalue weighted by Crippen LogP contribution is 2.30. The number of halogens is 1. The standard InChI is InChI=1S/C21H17ClN2O2S/c22-18-9-5-14(6-10-18)13-27-20-17(12-23-26-21(25)15-7-8-15)11-16-3-1-2-4-19(16)24-20/h1-6,9-12,15H,7-8,13H2/b23-12+. The molecule has 4 nitrogen and oxygen atoms in total. The molecule has 0 unspecified atom stereocenters. The maximum Gasteiger partial charge on any atom is 0.338 e. The van der Waals surface area contributed by atoms with Gasteiger partial charge >= 0.3 is 5.97 Å². The van der Waals surface area contributed by atoms with Crippen LogP contribution in [0.2, 0.25) is 5.02 Å². The van der Waals surface area contributed by atoms with Crippen LogP contribution in [0, 0.1) is 5.92 Å². The second kappa shape index (κ2) is 8.11. The molecule has 1 aromatic heterocycles. The summed E-state index contributed by atoms with van der Waals surface area (Å²) in [6.07, 6.45) is 3.37. The van der Waals surface area contributed by atoms with Crippen LogP contribution >= 0.6 is 23.4 Å². The predicted molar refractivity (Wildman–Crippen MR) is 109 cm³/mol. The molecule has 0 atom stereocenters. The van der Waals surface area contributed by atoms with Crippen molar-refractivity contribution in [2.75, 3.05) is 0 Å². The molecule has 1 aliphatic carbocycles. The van der Waals surface area contributed by atoms with Crippen LogP contribution < -0.4 is 0 Å². The second-order valence-corrected chi connectivity index (χ2v) is 7.81. The molecule has 0 saturated heterocycles. The fraction of sp³-hybridized carbons (Fsp3) is 0.190. The van der Waals surface area contributed by atoms with E-state index in [1.54, 1.807) is 18.0 Å². The van der Waals surface area contributed by atoms with Crippen LogP contribution in [-0.2, 0) is 15.4 Å². The van der Waals surface area contributed by atoms with E-state index in [0.717, 1.165) is 50.7 Å². The first kappa shape index (κ1) is 18.0. The molecular formula is C21H17ClN2O2S. The molecule has 1 heterocycles. The van der Waals surface area contributed by atoms with E-state index in [4.69, 9.17) is 21.4 Å². The van der Waals surface area contributed by atoms with Crippen molar-refractivity contribution >= 4 is 46.4 Å². The SMILES string of the molecule is O=C(O/N=C/c1cc2ccccc2nc1SCc1ccc(Cl)cc1)C1CC1. The van der Waals surface area contributed by atoms with Crippen LogP contribution in [-0.4, -0.2) is 17.2 Å². The lowest BCUT2D eigenvalue weighted by atomic mass is 10.2. The molecule has 136 valence electrons. The first-order valence-corrected chi connectivity index (χ1v) is 10.1. The smallest absolute Gasteiger partial charge is 0.318 e. The lowest BCUT2D eigenvalue weighted by Crippen LogP contribution is -2.02. The number of carbonyl (C=O) groups excluding carboxylic acids is 1. The van der Waals surface area contributed by atoms with Gasteiger partial charge in [-0.15, -0.1) is 11.8 Å². The molecular weight excluding hydrogens is 380 g/mol. The zero-order valence-corrected chi connectivity index (χ0v) is 16.0. The first-order chi connectivity index (χ1) is 13.2. The molecule has 0 aliphatic heterocycles. The summed E-state index contributed by atoms with van der Waals surface area (Å²) in [4.78, 5) is 21.4. The van der Waals surface area contributed by atoms with Crippen molar-refractivity contribution in [3.05, 3.63) is 70.7 Å². The Kier molecular flexibility index (Phi) is 5.41. The van der Waals surface area contributed by atoms with Crippen molar-refractivity contribution in [3.63, 3.8) is 0 Å². The van der Waals surface area contributed by atoms with Crippen LogP contribution in [0.1, 0.15) is 24.0 Å². The minimum atomic E-state index is -0.254. The van der Waals surface area contributed by atoms with Gasteiger partial charge in [0, 0.05) is 21.7 Å². The summed E-state index contributed by atoms with van der Waals surface area (Å²) in [7, 11) is 0. The number of hydrogen-bond acceptors (Lipinski definition) is 5. The number of benzene rings is 2. The normalized spacial score (nSPS) is 14.0. The fourth-order valence-corrected chi connectivity index (χ4v) is 3.65. The van der Waals surface area contributed by atoms with Gasteiger partial charge in [-0.05, 0) is 42.7 Å². The number of oxime groups is 1. The van der Waals surface area contributed by atoms with Gasteiger partial charge in [0.25, 0.3) is 0 Å². The summed E-state index contributed by atoms with van der Waals surface area (Å²) >= 11 is 7.56. The molecule has 6 heteroatoms. The number of aromatic nitrogens is 1. The van der Waals surface area contributed by atoms with Crippen LogP contribution in [0.25, 0.3) is 10.9 Å². The summed E-state index contributed by atoms with van der Waals surface area (Å²) in [6.45, 7) is 0. The van der Waals surface area contributed by atoms with E-state index in [-0.39, 0.29) is 11.9 Å². The van der Waals surface area contributed by atoms with Gasteiger partial charge in [-0.3, -0.25) is 0 Å². The number of thioether (sulfide) groups is 1. The highest BCUT2D eigenvalue weighted by atomic mass is 35.5. The molecule has 4 rings (SSSR count). The van der Waals surface area contributed by atoms with Crippen LogP contribution in [0.5, 0.6) is 0 Å². The Labute approximate surface area is 166 Å². The zero-order chi connectivity index (χ0) is 18.6. The van der Waals surface area contributed by atoms with Gasteiger partial charge in [-0.2, -0.15) is 0 Å². The Bertz CT molecular complexity index is 1000. The van der Waals surface area contributed by atoms with Gasteiger partial charge in [0.1, 0.15) is 5.03 Å². The highest BCUT2D eigenvalue weighted by Gasteiger charge is 2.31. The number of pyridine rings is 1. The lowest BCUT2D eigenvalue weighted by Gasteiger charge is -2.07. The topological polar surface area (TPSA) is 51.5 Å². The van der Waals surface area contributed by atoms with Crippen LogP contribution in [0.4, 0.5) is 0 Å². The molecule has 1 fully saturated rings. The van der Waals surface area contributed by atoms with E-state index in [2.05, 4.69) is 5.16 Å². The molecule has 0 bridgehead atoms. The minimum absolute atomic E-state index is 0.0237. The number of carbonyl (C=O) groups is 1.